The number of carbonyl (C=O) groups is 2. The van der Waals surface area contributed by atoms with Gasteiger partial charge in [0.1, 0.15) is 0 Å². The summed E-state index contributed by atoms with van der Waals surface area (Å²) in [5.74, 6) is -2.70. The van der Waals surface area contributed by atoms with E-state index >= 15 is 0 Å². The van der Waals surface area contributed by atoms with Crippen molar-refractivity contribution >= 4 is 33.4 Å². The van der Waals surface area contributed by atoms with Crippen molar-refractivity contribution in [1.82, 2.24) is 10.9 Å². The maximum Gasteiger partial charge on any atom is 0.442 e. The van der Waals surface area contributed by atoms with E-state index in [9.17, 15) is 31.2 Å². The molecule has 22 heavy (non-hydrogen) atoms. The Kier molecular flexibility index (Phi) is 5.83. The highest BCUT2D eigenvalue weighted by Crippen LogP contribution is 2.29. The van der Waals surface area contributed by atoms with Crippen LogP contribution in [0.15, 0.2) is 29.2 Å². The van der Waals surface area contributed by atoms with Crippen LogP contribution in [0.1, 0.15) is 10.4 Å². The molecule has 11 heteroatoms. The van der Waals surface area contributed by atoms with Gasteiger partial charge in [-0.2, -0.15) is 13.2 Å². The van der Waals surface area contributed by atoms with Crippen molar-refractivity contribution in [2.24, 2.45) is 0 Å². The van der Waals surface area contributed by atoms with Crippen LogP contribution in [0.25, 0.3) is 0 Å². The predicted octanol–water partition coefficient (Wildman–Crippen LogP) is 1.10. The molecule has 1 aromatic carbocycles. The van der Waals surface area contributed by atoms with E-state index in [-0.39, 0.29) is 10.5 Å². The third-order valence-electron chi connectivity index (χ3n) is 2.23. The van der Waals surface area contributed by atoms with Gasteiger partial charge in [0.25, 0.3) is 5.91 Å². The van der Waals surface area contributed by atoms with Crippen LogP contribution in [0.5, 0.6) is 0 Å². The van der Waals surface area contributed by atoms with E-state index in [0.29, 0.717) is 0 Å². The molecule has 0 aliphatic heterocycles. The number of sulfone groups is 1. The van der Waals surface area contributed by atoms with E-state index in [2.05, 4.69) is 0 Å². The molecular formula is C11H11F3N2O4S2. The number of benzene rings is 1. The van der Waals surface area contributed by atoms with Crippen molar-refractivity contribution < 1.29 is 31.2 Å². The van der Waals surface area contributed by atoms with Gasteiger partial charge in [0.2, 0.25) is 5.91 Å². The molecule has 0 fully saturated rings. The second-order valence-electron chi connectivity index (χ2n) is 4.03. The standard InChI is InChI=1S/C11H11F3N2O4S2/c1-22(19,20)8-4-2-7(3-5-8)10(18)16-15-9(17)6-21-11(12,13)14/h2-5H,6H2,1H3,(H,15,17)(H,16,18). The van der Waals surface area contributed by atoms with Gasteiger partial charge in [-0.3, -0.25) is 20.4 Å². The predicted molar refractivity (Wildman–Crippen MR) is 73.7 cm³/mol. The molecule has 2 N–H and O–H groups in total. The largest absolute Gasteiger partial charge is 0.442 e. The monoisotopic (exact) mass is 356 g/mol. The van der Waals surface area contributed by atoms with Crippen molar-refractivity contribution in [3.05, 3.63) is 29.8 Å². The van der Waals surface area contributed by atoms with Gasteiger partial charge in [-0.1, -0.05) is 0 Å². The minimum Gasteiger partial charge on any atom is -0.272 e. The van der Waals surface area contributed by atoms with Crippen molar-refractivity contribution in [2.75, 3.05) is 12.0 Å². The van der Waals surface area contributed by atoms with Crippen LogP contribution < -0.4 is 10.9 Å². The SMILES string of the molecule is CS(=O)(=O)c1ccc(C(=O)NNC(=O)CSC(F)(F)F)cc1. The van der Waals surface area contributed by atoms with E-state index in [0.717, 1.165) is 6.26 Å². The number of amides is 2. The van der Waals surface area contributed by atoms with Crippen molar-refractivity contribution in [1.29, 1.82) is 0 Å². The number of hydrogen-bond donors (Lipinski definition) is 2. The fourth-order valence-electron chi connectivity index (χ4n) is 1.24. The maximum absolute atomic E-state index is 11.9. The van der Waals surface area contributed by atoms with Crippen molar-refractivity contribution in [2.45, 2.75) is 10.4 Å². The summed E-state index contributed by atoms with van der Waals surface area (Å²) in [5.41, 5.74) is -0.755. The molecule has 0 saturated heterocycles. The molecule has 0 bridgehead atoms. The second-order valence-corrected chi connectivity index (χ2v) is 7.09. The summed E-state index contributed by atoms with van der Waals surface area (Å²) in [5, 5.41) is 0. The summed E-state index contributed by atoms with van der Waals surface area (Å²) in [6, 6.07) is 4.82. The van der Waals surface area contributed by atoms with Crippen LogP contribution in [0.4, 0.5) is 13.2 Å². The summed E-state index contributed by atoms with van der Waals surface area (Å²) in [6.45, 7) is 0. The van der Waals surface area contributed by atoms with Crippen LogP contribution >= 0.6 is 11.8 Å². The molecule has 0 aliphatic rings. The highest BCUT2D eigenvalue weighted by molar-refractivity contribution is 8.00. The van der Waals surface area contributed by atoms with E-state index in [1.54, 1.807) is 0 Å². The summed E-state index contributed by atoms with van der Waals surface area (Å²) in [6.07, 6.45) is 1.00. The molecule has 0 spiro atoms. The van der Waals surface area contributed by atoms with Gasteiger partial charge in [-0.05, 0) is 36.0 Å². The number of rotatable bonds is 4. The minimum absolute atomic E-state index is 0.00895. The molecule has 0 aromatic heterocycles. The molecule has 0 radical (unpaired) electrons. The van der Waals surface area contributed by atoms with E-state index in [4.69, 9.17) is 0 Å². The second kappa shape index (κ2) is 7.01. The Balaban J connectivity index is 2.54. The molecule has 0 unspecified atom stereocenters. The zero-order chi connectivity index (χ0) is 17.0. The van der Waals surface area contributed by atoms with Crippen molar-refractivity contribution in [3.63, 3.8) is 0 Å². The zero-order valence-corrected chi connectivity index (χ0v) is 12.7. The fraction of sp³-hybridized carbons (Fsp3) is 0.273. The summed E-state index contributed by atoms with van der Waals surface area (Å²) in [4.78, 5) is 22.7. The van der Waals surface area contributed by atoms with Gasteiger partial charge in [-0.25, -0.2) is 8.42 Å². The zero-order valence-electron chi connectivity index (χ0n) is 11.1. The minimum atomic E-state index is -4.54. The number of halogens is 3. The van der Waals surface area contributed by atoms with Gasteiger partial charge in [0.15, 0.2) is 9.84 Å². The van der Waals surface area contributed by atoms with E-state index < -0.39 is 44.7 Å². The average molecular weight is 356 g/mol. The third-order valence-corrected chi connectivity index (χ3v) is 4.09. The quantitative estimate of drug-likeness (QED) is 0.789. The fourth-order valence-corrected chi connectivity index (χ4v) is 2.23. The van der Waals surface area contributed by atoms with Crippen LogP contribution in [0.2, 0.25) is 0 Å². The first-order chi connectivity index (χ1) is 9.99. The number of hydrogen-bond acceptors (Lipinski definition) is 5. The van der Waals surface area contributed by atoms with E-state index in [1.807, 2.05) is 10.9 Å². The number of thioether (sulfide) groups is 1. The highest BCUT2D eigenvalue weighted by atomic mass is 32.2. The number of alkyl halides is 3. The molecule has 0 atom stereocenters. The number of nitrogens with one attached hydrogen (secondary N) is 2. The number of carbonyl (C=O) groups excluding carboxylic acids is 2. The molecule has 2 amide bonds. The lowest BCUT2D eigenvalue weighted by molar-refractivity contribution is -0.119. The lowest BCUT2D eigenvalue weighted by Crippen LogP contribution is -2.42. The first-order valence-electron chi connectivity index (χ1n) is 5.59. The lowest BCUT2D eigenvalue weighted by Gasteiger charge is -2.08. The summed E-state index contributed by atoms with van der Waals surface area (Å²) in [7, 11) is -3.40. The Morgan fingerprint density at radius 1 is 1.14 bits per heavy atom. The summed E-state index contributed by atoms with van der Waals surface area (Å²) >= 11 is -0.536. The lowest BCUT2D eigenvalue weighted by atomic mass is 10.2. The Bertz CT molecular complexity index is 657. The van der Waals surface area contributed by atoms with Gasteiger partial charge < -0.3 is 0 Å². The molecule has 0 saturated carbocycles. The Morgan fingerprint density at radius 3 is 2.14 bits per heavy atom. The van der Waals surface area contributed by atoms with Crippen LogP contribution in [-0.4, -0.2) is 37.7 Å². The molecular weight excluding hydrogens is 345 g/mol. The average Bonchev–Trinajstić information content (AvgIpc) is 2.41. The topological polar surface area (TPSA) is 92.3 Å². The molecule has 0 heterocycles. The Morgan fingerprint density at radius 2 is 1.68 bits per heavy atom. The van der Waals surface area contributed by atoms with Gasteiger partial charge in [0.05, 0.1) is 10.6 Å². The Hall–Kier alpha value is -1.75. The normalized spacial score (nSPS) is 11.8. The van der Waals surface area contributed by atoms with Crippen LogP contribution in [0.3, 0.4) is 0 Å². The number of hydrazine groups is 1. The molecule has 6 nitrogen and oxygen atoms in total. The molecule has 122 valence electrons. The first kappa shape index (κ1) is 18.3. The summed E-state index contributed by atoms with van der Waals surface area (Å²) < 4.78 is 58.0. The smallest absolute Gasteiger partial charge is 0.272 e. The first-order valence-corrected chi connectivity index (χ1v) is 8.47. The van der Waals surface area contributed by atoms with Crippen LogP contribution in [-0.2, 0) is 14.6 Å². The third kappa shape index (κ3) is 6.35. The van der Waals surface area contributed by atoms with Crippen LogP contribution in [0, 0.1) is 0 Å². The van der Waals surface area contributed by atoms with E-state index in [1.165, 1.54) is 24.3 Å². The van der Waals surface area contributed by atoms with Crippen molar-refractivity contribution in [3.8, 4) is 0 Å². The maximum atomic E-state index is 11.9. The van der Waals surface area contributed by atoms with Gasteiger partial charge >= 0.3 is 5.51 Å². The van der Waals surface area contributed by atoms with Gasteiger partial charge in [-0.15, -0.1) is 0 Å². The highest BCUT2D eigenvalue weighted by Gasteiger charge is 2.29. The molecule has 0 aliphatic carbocycles. The molecule has 1 rings (SSSR count). The Labute approximate surface area is 128 Å². The van der Waals surface area contributed by atoms with Gasteiger partial charge in [0, 0.05) is 11.8 Å². The molecule has 1 aromatic rings.